The number of nitrogens with zero attached hydrogens (tertiary/aromatic N) is 1. The molecule has 0 saturated carbocycles. The van der Waals surface area contributed by atoms with Crippen LogP contribution in [0.5, 0.6) is 11.5 Å². The summed E-state index contributed by atoms with van der Waals surface area (Å²) in [6, 6.07) is 5.65. The molecule has 92 valence electrons. The Kier molecular flexibility index (Phi) is 4.80. The van der Waals surface area contributed by atoms with Gasteiger partial charge in [-0.2, -0.15) is 5.26 Å². The zero-order valence-corrected chi connectivity index (χ0v) is 10.5. The molecule has 0 fully saturated rings. The van der Waals surface area contributed by atoms with E-state index in [9.17, 15) is 0 Å². The van der Waals surface area contributed by atoms with E-state index in [0.717, 1.165) is 16.9 Å². The largest absolute Gasteiger partial charge is 0.497 e. The maximum atomic E-state index is 8.58. The molecule has 4 nitrogen and oxygen atoms in total. The monoisotopic (exact) mass is 234 g/mol. The molecule has 0 aliphatic rings. The van der Waals surface area contributed by atoms with Gasteiger partial charge in [0, 0.05) is 24.1 Å². The van der Waals surface area contributed by atoms with Crippen molar-refractivity contribution in [2.75, 3.05) is 14.2 Å². The van der Waals surface area contributed by atoms with Gasteiger partial charge in [-0.05, 0) is 25.0 Å². The lowest BCUT2D eigenvalue weighted by atomic mass is 9.97. The van der Waals surface area contributed by atoms with Gasteiger partial charge < -0.3 is 15.2 Å². The fourth-order valence-corrected chi connectivity index (χ4v) is 1.86. The Labute approximate surface area is 102 Å². The minimum atomic E-state index is -0.185. The lowest BCUT2D eigenvalue weighted by Crippen LogP contribution is -2.13. The van der Waals surface area contributed by atoms with E-state index in [1.165, 1.54) is 0 Å². The first-order valence-electron chi connectivity index (χ1n) is 5.49. The van der Waals surface area contributed by atoms with Crippen molar-refractivity contribution in [1.82, 2.24) is 0 Å². The van der Waals surface area contributed by atoms with Gasteiger partial charge in [0.25, 0.3) is 0 Å². The molecule has 1 aromatic rings. The van der Waals surface area contributed by atoms with Crippen LogP contribution in [-0.2, 0) is 0 Å². The molecule has 0 aliphatic heterocycles. The number of rotatable bonds is 5. The maximum Gasteiger partial charge on any atom is 0.127 e. The Morgan fingerprint density at radius 2 is 2.06 bits per heavy atom. The summed E-state index contributed by atoms with van der Waals surface area (Å²) in [5.74, 6) is 1.46. The van der Waals surface area contributed by atoms with E-state index in [4.69, 9.17) is 20.5 Å². The average molecular weight is 234 g/mol. The molecule has 1 rings (SSSR count). The third-order valence-corrected chi connectivity index (χ3v) is 2.72. The van der Waals surface area contributed by atoms with Crippen LogP contribution in [-0.4, -0.2) is 14.2 Å². The summed E-state index contributed by atoms with van der Waals surface area (Å²) >= 11 is 0. The highest BCUT2D eigenvalue weighted by atomic mass is 16.5. The number of aryl methyl sites for hydroxylation is 1. The second kappa shape index (κ2) is 6.12. The predicted molar refractivity (Wildman–Crippen MR) is 66.1 cm³/mol. The molecule has 0 bridgehead atoms. The molecule has 0 saturated heterocycles. The smallest absolute Gasteiger partial charge is 0.127 e. The number of nitriles is 1. The van der Waals surface area contributed by atoms with E-state index >= 15 is 0 Å². The number of benzene rings is 1. The molecule has 1 atom stereocenters. The summed E-state index contributed by atoms with van der Waals surface area (Å²) in [6.07, 6.45) is 1.07. The number of hydrogen-bond acceptors (Lipinski definition) is 4. The van der Waals surface area contributed by atoms with Crippen molar-refractivity contribution in [3.8, 4) is 17.6 Å². The Morgan fingerprint density at radius 1 is 1.35 bits per heavy atom. The molecule has 1 unspecified atom stereocenters. The number of methoxy groups -OCH3 is 2. The van der Waals surface area contributed by atoms with Crippen LogP contribution in [0.4, 0.5) is 0 Å². The van der Waals surface area contributed by atoms with Gasteiger partial charge in [0.1, 0.15) is 11.5 Å². The molecule has 0 amide bonds. The van der Waals surface area contributed by atoms with Gasteiger partial charge in [0.05, 0.1) is 20.3 Å². The van der Waals surface area contributed by atoms with Gasteiger partial charge in [-0.3, -0.25) is 0 Å². The molecule has 0 radical (unpaired) electrons. The van der Waals surface area contributed by atoms with Crippen molar-refractivity contribution >= 4 is 0 Å². The maximum absolute atomic E-state index is 8.58. The second-order valence-corrected chi connectivity index (χ2v) is 3.86. The molecule has 0 spiro atoms. The number of hydrogen-bond donors (Lipinski definition) is 1. The lowest BCUT2D eigenvalue weighted by Gasteiger charge is -2.18. The van der Waals surface area contributed by atoms with Gasteiger partial charge in [-0.1, -0.05) is 0 Å². The molecule has 0 aromatic heterocycles. The molecular weight excluding hydrogens is 216 g/mol. The topological polar surface area (TPSA) is 68.3 Å². The molecule has 1 aromatic carbocycles. The van der Waals surface area contributed by atoms with E-state index in [2.05, 4.69) is 6.07 Å². The highest BCUT2D eigenvalue weighted by Crippen LogP contribution is 2.33. The SMILES string of the molecule is COc1cc(C)c(C(N)CCC#N)c(OC)c1. The number of ether oxygens (including phenoxy) is 2. The third-order valence-electron chi connectivity index (χ3n) is 2.72. The van der Waals surface area contributed by atoms with Crippen molar-refractivity contribution in [2.45, 2.75) is 25.8 Å². The van der Waals surface area contributed by atoms with Crippen LogP contribution in [0.3, 0.4) is 0 Å². The van der Waals surface area contributed by atoms with Crippen molar-refractivity contribution in [1.29, 1.82) is 5.26 Å². The molecular formula is C13H18N2O2. The summed E-state index contributed by atoms with van der Waals surface area (Å²) in [7, 11) is 3.22. The minimum absolute atomic E-state index is 0.185. The molecule has 0 heterocycles. The van der Waals surface area contributed by atoms with E-state index in [-0.39, 0.29) is 6.04 Å². The van der Waals surface area contributed by atoms with Crippen LogP contribution in [0.15, 0.2) is 12.1 Å². The van der Waals surface area contributed by atoms with E-state index in [1.54, 1.807) is 14.2 Å². The van der Waals surface area contributed by atoms with Crippen LogP contribution < -0.4 is 15.2 Å². The van der Waals surface area contributed by atoms with Gasteiger partial charge in [0.2, 0.25) is 0 Å². The summed E-state index contributed by atoms with van der Waals surface area (Å²) in [5.41, 5.74) is 8.05. The zero-order chi connectivity index (χ0) is 12.8. The average Bonchev–Trinajstić information content (AvgIpc) is 2.34. The highest BCUT2D eigenvalue weighted by molar-refractivity contribution is 5.47. The zero-order valence-electron chi connectivity index (χ0n) is 10.5. The fourth-order valence-electron chi connectivity index (χ4n) is 1.86. The Balaban J connectivity index is 3.09. The molecule has 0 aliphatic carbocycles. The van der Waals surface area contributed by atoms with Crippen molar-refractivity contribution in [2.24, 2.45) is 5.73 Å². The molecule has 2 N–H and O–H groups in total. The van der Waals surface area contributed by atoms with Crippen molar-refractivity contribution in [3.05, 3.63) is 23.3 Å². The standard InChI is InChI=1S/C13H18N2O2/c1-9-7-10(16-2)8-12(17-3)13(9)11(15)5-4-6-14/h7-8,11H,4-5,15H2,1-3H3. The van der Waals surface area contributed by atoms with Gasteiger partial charge in [0.15, 0.2) is 0 Å². The summed E-state index contributed by atoms with van der Waals surface area (Å²) < 4.78 is 10.5. The van der Waals surface area contributed by atoms with Crippen LogP contribution in [0.25, 0.3) is 0 Å². The minimum Gasteiger partial charge on any atom is -0.497 e. The van der Waals surface area contributed by atoms with Gasteiger partial charge >= 0.3 is 0 Å². The van der Waals surface area contributed by atoms with E-state index in [0.29, 0.717) is 18.6 Å². The van der Waals surface area contributed by atoms with Gasteiger partial charge in [-0.15, -0.1) is 0 Å². The van der Waals surface area contributed by atoms with Crippen LogP contribution in [0, 0.1) is 18.3 Å². The summed E-state index contributed by atoms with van der Waals surface area (Å²) in [6.45, 7) is 1.96. The van der Waals surface area contributed by atoms with E-state index in [1.807, 2.05) is 19.1 Å². The molecule has 4 heteroatoms. The first-order valence-corrected chi connectivity index (χ1v) is 5.49. The van der Waals surface area contributed by atoms with Crippen molar-refractivity contribution in [3.63, 3.8) is 0 Å². The Bertz CT molecular complexity index is 424. The lowest BCUT2D eigenvalue weighted by molar-refractivity contribution is 0.387. The first kappa shape index (κ1) is 13.3. The predicted octanol–water partition coefficient (Wildman–Crippen LogP) is 2.32. The van der Waals surface area contributed by atoms with E-state index < -0.39 is 0 Å². The fraction of sp³-hybridized carbons (Fsp3) is 0.462. The third kappa shape index (κ3) is 3.11. The van der Waals surface area contributed by atoms with Crippen LogP contribution in [0.1, 0.15) is 30.0 Å². The van der Waals surface area contributed by atoms with Crippen LogP contribution in [0.2, 0.25) is 0 Å². The summed E-state index contributed by atoms with van der Waals surface area (Å²) in [4.78, 5) is 0. The number of nitrogens with two attached hydrogens (primary N) is 1. The first-order chi connectivity index (χ1) is 8.13. The normalized spacial score (nSPS) is 11.7. The molecule has 17 heavy (non-hydrogen) atoms. The van der Waals surface area contributed by atoms with Gasteiger partial charge in [-0.25, -0.2) is 0 Å². The second-order valence-electron chi connectivity index (χ2n) is 3.86. The van der Waals surface area contributed by atoms with Crippen LogP contribution >= 0.6 is 0 Å². The Morgan fingerprint density at radius 3 is 2.59 bits per heavy atom. The summed E-state index contributed by atoms with van der Waals surface area (Å²) in [5, 5.41) is 8.58. The van der Waals surface area contributed by atoms with Crippen molar-refractivity contribution < 1.29 is 9.47 Å². The quantitative estimate of drug-likeness (QED) is 0.848. The Hall–Kier alpha value is -1.73. The highest BCUT2D eigenvalue weighted by Gasteiger charge is 2.16.